The molecule has 3 aromatic rings. The number of likely N-dealkylation sites (tertiary alicyclic amines) is 1. The third-order valence-corrected chi connectivity index (χ3v) is 5.76. The predicted octanol–water partition coefficient (Wildman–Crippen LogP) is 2.94. The van der Waals surface area contributed by atoms with Gasteiger partial charge in [0, 0.05) is 37.1 Å². The Balaban J connectivity index is 1.28. The van der Waals surface area contributed by atoms with Crippen LogP contribution in [0, 0.1) is 13.8 Å². The van der Waals surface area contributed by atoms with Crippen molar-refractivity contribution in [3.05, 3.63) is 64.6 Å². The maximum atomic E-state index is 12.9. The summed E-state index contributed by atoms with van der Waals surface area (Å²) in [7, 11) is 0. The van der Waals surface area contributed by atoms with Crippen LogP contribution in [0.2, 0.25) is 0 Å². The standard InChI is InChI=1S/C23H27N5O4/c1-15-18(16(2)31-26-15)12-13-24-20(29)10-11-21-25-22(27-32-21)19-9-6-14-28(19)23(30)17-7-4-3-5-8-17/h3-5,7-8,19H,6,9-14H2,1-2H3,(H,24,29). The van der Waals surface area contributed by atoms with E-state index in [1.807, 2.05) is 44.2 Å². The van der Waals surface area contributed by atoms with Gasteiger partial charge in [-0.25, -0.2) is 0 Å². The number of hydrogen-bond acceptors (Lipinski definition) is 7. The zero-order valence-electron chi connectivity index (χ0n) is 18.3. The van der Waals surface area contributed by atoms with Crippen molar-refractivity contribution in [1.29, 1.82) is 0 Å². The van der Waals surface area contributed by atoms with E-state index in [0.29, 0.717) is 43.2 Å². The average molecular weight is 438 g/mol. The number of aryl methyl sites for hydroxylation is 3. The van der Waals surface area contributed by atoms with E-state index in [1.54, 1.807) is 4.90 Å². The first kappa shape index (κ1) is 21.7. The normalized spacial score (nSPS) is 15.8. The second kappa shape index (κ2) is 9.76. The molecular weight excluding hydrogens is 410 g/mol. The van der Waals surface area contributed by atoms with Crippen molar-refractivity contribution >= 4 is 11.8 Å². The van der Waals surface area contributed by atoms with Crippen molar-refractivity contribution in [2.24, 2.45) is 0 Å². The molecule has 9 heteroatoms. The molecule has 1 aliphatic heterocycles. The van der Waals surface area contributed by atoms with E-state index in [1.165, 1.54) is 0 Å². The summed E-state index contributed by atoms with van der Waals surface area (Å²) in [6.45, 7) is 4.92. The molecule has 4 rings (SSSR count). The molecule has 168 valence electrons. The van der Waals surface area contributed by atoms with Crippen LogP contribution in [0.4, 0.5) is 0 Å². The van der Waals surface area contributed by atoms with E-state index in [-0.39, 0.29) is 24.3 Å². The summed E-state index contributed by atoms with van der Waals surface area (Å²) in [6.07, 6.45) is 2.95. The quantitative estimate of drug-likeness (QED) is 0.576. The van der Waals surface area contributed by atoms with Crippen LogP contribution in [0.1, 0.15) is 64.4 Å². The highest BCUT2D eigenvalue weighted by molar-refractivity contribution is 5.94. The van der Waals surface area contributed by atoms with Gasteiger partial charge in [-0.2, -0.15) is 4.98 Å². The molecule has 3 heterocycles. The summed E-state index contributed by atoms with van der Waals surface area (Å²) in [5.41, 5.74) is 2.52. The van der Waals surface area contributed by atoms with Gasteiger partial charge in [0.05, 0.1) is 11.7 Å². The molecule has 1 saturated heterocycles. The highest BCUT2D eigenvalue weighted by Crippen LogP contribution is 2.31. The van der Waals surface area contributed by atoms with Crippen molar-refractivity contribution in [3.8, 4) is 0 Å². The third kappa shape index (κ3) is 4.87. The largest absolute Gasteiger partial charge is 0.361 e. The molecule has 0 spiro atoms. The Labute approximate surface area is 186 Å². The zero-order valence-corrected chi connectivity index (χ0v) is 18.3. The second-order valence-corrected chi connectivity index (χ2v) is 7.97. The average Bonchev–Trinajstić information content (AvgIpc) is 3.54. The molecule has 0 saturated carbocycles. The zero-order chi connectivity index (χ0) is 22.5. The Hall–Kier alpha value is -3.49. The summed E-state index contributed by atoms with van der Waals surface area (Å²) >= 11 is 0. The number of nitrogens with zero attached hydrogens (tertiary/aromatic N) is 4. The minimum Gasteiger partial charge on any atom is -0.361 e. The number of rotatable bonds is 8. The SMILES string of the molecule is Cc1noc(C)c1CCNC(=O)CCc1nc(C2CCCN2C(=O)c2ccccc2)no1. The monoisotopic (exact) mass is 437 g/mol. The highest BCUT2D eigenvalue weighted by atomic mass is 16.5. The molecule has 1 unspecified atom stereocenters. The highest BCUT2D eigenvalue weighted by Gasteiger charge is 2.33. The van der Waals surface area contributed by atoms with Gasteiger partial charge in [-0.15, -0.1) is 0 Å². The predicted molar refractivity (Wildman–Crippen MR) is 115 cm³/mol. The lowest BCUT2D eigenvalue weighted by Gasteiger charge is -2.22. The molecule has 0 radical (unpaired) electrons. The molecule has 9 nitrogen and oxygen atoms in total. The minimum atomic E-state index is -0.205. The van der Waals surface area contributed by atoms with Crippen LogP contribution >= 0.6 is 0 Å². The number of amides is 2. The summed E-state index contributed by atoms with van der Waals surface area (Å²) in [5.74, 6) is 1.57. The summed E-state index contributed by atoms with van der Waals surface area (Å²) in [4.78, 5) is 31.3. The van der Waals surface area contributed by atoms with E-state index in [0.717, 1.165) is 29.9 Å². The van der Waals surface area contributed by atoms with Gasteiger partial charge in [-0.05, 0) is 45.2 Å². The van der Waals surface area contributed by atoms with E-state index >= 15 is 0 Å². The third-order valence-electron chi connectivity index (χ3n) is 5.76. The summed E-state index contributed by atoms with van der Waals surface area (Å²) < 4.78 is 10.5. The Kier molecular flexibility index (Phi) is 6.63. The number of aromatic nitrogens is 3. The number of nitrogens with one attached hydrogen (secondary N) is 1. The Morgan fingerprint density at radius 1 is 1.12 bits per heavy atom. The first-order chi connectivity index (χ1) is 15.5. The van der Waals surface area contributed by atoms with Crippen LogP contribution < -0.4 is 5.32 Å². The number of carbonyl (C=O) groups excluding carboxylic acids is 2. The van der Waals surface area contributed by atoms with E-state index in [9.17, 15) is 9.59 Å². The maximum Gasteiger partial charge on any atom is 0.254 e. The second-order valence-electron chi connectivity index (χ2n) is 7.97. The maximum absolute atomic E-state index is 12.9. The topological polar surface area (TPSA) is 114 Å². The van der Waals surface area contributed by atoms with Crippen molar-refractivity contribution in [3.63, 3.8) is 0 Å². The fourth-order valence-corrected chi connectivity index (χ4v) is 4.02. The Morgan fingerprint density at radius 2 is 1.94 bits per heavy atom. The summed E-state index contributed by atoms with van der Waals surface area (Å²) in [5, 5.41) is 10.9. The van der Waals surface area contributed by atoms with Crippen LogP contribution in [0.5, 0.6) is 0 Å². The van der Waals surface area contributed by atoms with Gasteiger partial charge in [0.25, 0.3) is 5.91 Å². The Bertz CT molecular complexity index is 1060. The number of hydrogen-bond donors (Lipinski definition) is 1. The van der Waals surface area contributed by atoms with Crippen molar-refractivity contribution in [2.75, 3.05) is 13.1 Å². The van der Waals surface area contributed by atoms with E-state index in [4.69, 9.17) is 9.05 Å². The van der Waals surface area contributed by atoms with E-state index in [2.05, 4.69) is 20.6 Å². The molecule has 1 aliphatic rings. The van der Waals surface area contributed by atoms with Gasteiger partial charge < -0.3 is 19.3 Å². The van der Waals surface area contributed by atoms with Gasteiger partial charge in [0.15, 0.2) is 5.82 Å². The molecule has 1 aromatic carbocycles. The molecule has 2 aromatic heterocycles. The number of benzene rings is 1. The van der Waals surface area contributed by atoms with Crippen LogP contribution in [0.15, 0.2) is 39.4 Å². The molecule has 1 fully saturated rings. The molecule has 2 amide bonds. The van der Waals surface area contributed by atoms with Crippen LogP contribution in [-0.2, 0) is 17.6 Å². The fourth-order valence-electron chi connectivity index (χ4n) is 4.02. The lowest BCUT2D eigenvalue weighted by molar-refractivity contribution is -0.121. The van der Waals surface area contributed by atoms with Crippen molar-refractivity contribution < 1.29 is 18.6 Å². The molecular formula is C23H27N5O4. The van der Waals surface area contributed by atoms with E-state index < -0.39 is 0 Å². The molecule has 1 N–H and O–H groups in total. The lowest BCUT2D eigenvalue weighted by Crippen LogP contribution is -2.31. The van der Waals surface area contributed by atoms with Crippen molar-refractivity contribution in [2.45, 2.75) is 52.0 Å². The van der Waals surface area contributed by atoms with Crippen LogP contribution in [0.3, 0.4) is 0 Å². The van der Waals surface area contributed by atoms with Gasteiger partial charge in [-0.3, -0.25) is 9.59 Å². The fraction of sp³-hybridized carbons (Fsp3) is 0.435. The smallest absolute Gasteiger partial charge is 0.254 e. The summed E-state index contributed by atoms with van der Waals surface area (Å²) in [6, 6.07) is 9.00. The first-order valence-electron chi connectivity index (χ1n) is 10.9. The van der Waals surface area contributed by atoms with Crippen molar-refractivity contribution in [1.82, 2.24) is 25.5 Å². The Morgan fingerprint density at radius 3 is 2.69 bits per heavy atom. The van der Waals surface area contributed by atoms with Gasteiger partial charge in [0.2, 0.25) is 11.8 Å². The molecule has 0 aliphatic carbocycles. The van der Waals surface area contributed by atoms with Gasteiger partial charge in [-0.1, -0.05) is 28.5 Å². The first-order valence-corrected chi connectivity index (χ1v) is 10.9. The number of carbonyl (C=O) groups is 2. The molecule has 0 bridgehead atoms. The van der Waals surface area contributed by atoms with Crippen LogP contribution in [0.25, 0.3) is 0 Å². The van der Waals surface area contributed by atoms with Gasteiger partial charge >= 0.3 is 0 Å². The van der Waals surface area contributed by atoms with Gasteiger partial charge in [0.1, 0.15) is 5.76 Å². The lowest BCUT2D eigenvalue weighted by atomic mass is 10.1. The van der Waals surface area contributed by atoms with Crippen LogP contribution in [-0.4, -0.2) is 45.1 Å². The molecule has 1 atom stereocenters. The molecule has 32 heavy (non-hydrogen) atoms. The minimum absolute atomic E-state index is 0.0304.